The average Bonchev–Trinajstić information content (AvgIpc) is 2.88. The Morgan fingerprint density at radius 1 is 1.35 bits per heavy atom. The number of nitrogens with zero attached hydrogens (tertiary/aromatic N) is 1. The zero-order valence-electron chi connectivity index (χ0n) is 12.8. The molecule has 1 N–H and O–H groups in total. The van der Waals surface area contributed by atoms with Crippen molar-refractivity contribution in [1.29, 1.82) is 0 Å². The van der Waals surface area contributed by atoms with Gasteiger partial charge in [0, 0.05) is 20.0 Å². The van der Waals surface area contributed by atoms with E-state index >= 15 is 0 Å². The monoisotopic (exact) mass is 348 g/mol. The molecule has 1 fully saturated rings. The molecule has 0 bridgehead atoms. The number of rotatable bonds is 5. The number of benzene rings is 1. The SMILES string of the molecule is CN(C)S(=O)(=O)C[C@@H]1COC[C@H]1NC(=O)c1cccc(F)c1F. The van der Waals surface area contributed by atoms with Gasteiger partial charge in [-0.05, 0) is 12.1 Å². The van der Waals surface area contributed by atoms with E-state index in [0.29, 0.717) is 0 Å². The number of carbonyl (C=O) groups excluding carboxylic acids is 1. The van der Waals surface area contributed by atoms with Crippen molar-refractivity contribution in [3.8, 4) is 0 Å². The highest BCUT2D eigenvalue weighted by Crippen LogP contribution is 2.19. The molecule has 0 aliphatic carbocycles. The minimum absolute atomic E-state index is 0.121. The van der Waals surface area contributed by atoms with Gasteiger partial charge in [-0.1, -0.05) is 6.07 Å². The molecule has 2 atom stereocenters. The predicted octanol–water partition coefficient (Wildman–Crippen LogP) is 0.601. The normalized spacial score (nSPS) is 21.6. The van der Waals surface area contributed by atoms with Crippen molar-refractivity contribution in [3.63, 3.8) is 0 Å². The molecule has 9 heteroatoms. The van der Waals surface area contributed by atoms with Crippen molar-refractivity contribution in [3.05, 3.63) is 35.4 Å². The maximum Gasteiger partial charge on any atom is 0.254 e. The molecule has 1 aliphatic rings. The van der Waals surface area contributed by atoms with Crippen molar-refractivity contribution in [2.24, 2.45) is 5.92 Å². The van der Waals surface area contributed by atoms with E-state index in [1.54, 1.807) is 0 Å². The lowest BCUT2D eigenvalue weighted by molar-refractivity contribution is 0.0921. The highest BCUT2D eigenvalue weighted by molar-refractivity contribution is 7.89. The largest absolute Gasteiger partial charge is 0.379 e. The van der Waals surface area contributed by atoms with Gasteiger partial charge in [-0.3, -0.25) is 4.79 Å². The molecule has 1 amide bonds. The fourth-order valence-electron chi connectivity index (χ4n) is 2.27. The maximum absolute atomic E-state index is 13.6. The van der Waals surface area contributed by atoms with E-state index < -0.39 is 45.1 Å². The molecule has 6 nitrogen and oxygen atoms in total. The summed E-state index contributed by atoms with van der Waals surface area (Å²) < 4.78 is 57.0. The van der Waals surface area contributed by atoms with Gasteiger partial charge < -0.3 is 10.1 Å². The molecule has 1 aromatic rings. The molecular formula is C14H18F2N2O4S. The van der Waals surface area contributed by atoms with Gasteiger partial charge >= 0.3 is 0 Å². The van der Waals surface area contributed by atoms with Crippen molar-refractivity contribution in [2.75, 3.05) is 33.1 Å². The summed E-state index contributed by atoms with van der Waals surface area (Å²) in [5, 5.41) is 2.52. The number of hydrogen-bond donors (Lipinski definition) is 1. The van der Waals surface area contributed by atoms with Crippen molar-refractivity contribution in [1.82, 2.24) is 9.62 Å². The van der Waals surface area contributed by atoms with Crippen LogP contribution in [0.2, 0.25) is 0 Å². The molecule has 0 saturated carbocycles. The number of nitrogens with one attached hydrogen (secondary N) is 1. The fourth-order valence-corrected chi connectivity index (χ4v) is 3.44. The van der Waals surface area contributed by atoms with E-state index in [0.717, 1.165) is 16.4 Å². The first kappa shape index (κ1) is 17.8. The minimum atomic E-state index is -3.46. The third kappa shape index (κ3) is 4.04. The number of hydrogen-bond acceptors (Lipinski definition) is 4. The van der Waals surface area contributed by atoms with Crippen LogP contribution in [0.4, 0.5) is 8.78 Å². The Kier molecular flexibility index (Phi) is 5.33. The molecule has 23 heavy (non-hydrogen) atoms. The molecule has 0 radical (unpaired) electrons. The Bertz CT molecular complexity index is 694. The lowest BCUT2D eigenvalue weighted by Crippen LogP contribution is -2.43. The summed E-state index contributed by atoms with van der Waals surface area (Å²) in [5.74, 6) is -3.81. The van der Waals surface area contributed by atoms with Gasteiger partial charge in [0.05, 0.1) is 30.6 Å². The van der Waals surface area contributed by atoms with Crippen LogP contribution in [0.5, 0.6) is 0 Å². The van der Waals surface area contributed by atoms with E-state index in [9.17, 15) is 22.0 Å². The van der Waals surface area contributed by atoms with Crippen LogP contribution < -0.4 is 5.32 Å². The first-order valence-electron chi connectivity index (χ1n) is 6.95. The lowest BCUT2D eigenvalue weighted by Gasteiger charge is -2.21. The molecule has 0 spiro atoms. The summed E-state index contributed by atoms with van der Waals surface area (Å²) in [7, 11) is -0.627. The topological polar surface area (TPSA) is 75.7 Å². The van der Waals surface area contributed by atoms with Gasteiger partial charge in [-0.15, -0.1) is 0 Å². The maximum atomic E-state index is 13.6. The van der Waals surface area contributed by atoms with Gasteiger partial charge in [-0.2, -0.15) is 0 Å². The van der Waals surface area contributed by atoms with Crippen LogP contribution in [0.25, 0.3) is 0 Å². The molecule has 2 rings (SSSR count). The molecule has 1 saturated heterocycles. The standard InChI is InChI=1S/C14H18F2N2O4S/c1-18(2)23(20,21)8-9-6-22-7-12(9)17-14(19)10-4-3-5-11(15)13(10)16/h3-5,9,12H,6-8H2,1-2H3,(H,17,19)/t9-,12+/m0/s1. The zero-order chi connectivity index (χ0) is 17.2. The van der Waals surface area contributed by atoms with Crippen LogP contribution >= 0.6 is 0 Å². The molecular weight excluding hydrogens is 330 g/mol. The summed E-state index contributed by atoms with van der Waals surface area (Å²) in [4.78, 5) is 12.1. The summed E-state index contributed by atoms with van der Waals surface area (Å²) in [6.07, 6.45) is 0. The van der Waals surface area contributed by atoms with Gasteiger partial charge in [0.25, 0.3) is 5.91 Å². The quantitative estimate of drug-likeness (QED) is 0.846. The Morgan fingerprint density at radius 2 is 2.04 bits per heavy atom. The number of amides is 1. The van der Waals surface area contributed by atoms with E-state index in [-0.39, 0.29) is 19.0 Å². The van der Waals surface area contributed by atoms with Gasteiger partial charge in [-0.25, -0.2) is 21.5 Å². The predicted molar refractivity (Wildman–Crippen MR) is 79.4 cm³/mol. The van der Waals surface area contributed by atoms with E-state index in [1.807, 2.05) is 0 Å². The highest BCUT2D eigenvalue weighted by Gasteiger charge is 2.34. The summed E-state index contributed by atoms with van der Waals surface area (Å²) in [6.45, 7) is 0.292. The van der Waals surface area contributed by atoms with E-state index in [4.69, 9.17) is 4.74 Å². The Labute approximate surface area is 133 Å². The van der Waals surface area contributed by atoms with Crippen LogP contribution in [0.15, 0.2) is 18.2 Å². The third-order valence-electron chi connectivity index (χ3n) is 3.69. The smallest absolute Gasteiger partial charge is 0.254 e. The van der Waals surface area contributed by atoms with Gasteiger partial charge in [0.2, 0.25) is 10.0 Å². The summed E-state index contributed by atoms with van der Waals surface area (Å²) in [6, 6.07) is 2.72. The second-order valence-corrected chi connectivity index (χ2v) is 7.77. The average molecular weight is 348 g/mol. The molecule has 1 aromatic carbocycles. The molecule has 128 valence electrons. The van der Waals surface area contributed by atoms with Gasteiger partial charge in [0.1, 0.15) is 0 Å². The zero-order valence-corrected chi connectivity index (χ0v) is 13.6. The number of sulfonamides is 1. The van der Waals surface area contributed by atoms with Crippen LogP contribution in [-0.2, 0) is 14.8 Å². The fraction of sp³-hybridized carbons (Fsp3) is 0.500. The second-order valence-electron chi connectivity index (χ2n) is 5.54. The van der Waals surface area contributed by atoms with E-state index in [1.165, 1.54) is 20.2 Å². The van der Waals surface area contributed by atoms with Crippen LogP contribution in [0, 0.1) is 17.6 Å². The Balaban J connectivity index is 2.09. The Hall–Kier alpha value is -1.58. The first-order chi connectivity index (χ1) is 10.7. The van der Waals surface area contributed by atoms with Crippen molar-refractivity contribution < 1.29 is 26.7 Å². The highest BCUT2D eigenvalue weighted by atomic mass is 32.2. The Morgan fingerprint density at radius 3 is 2.70 bits per heavy atom. The number of halogens is 2. The van der Waals surface area contributed by atoms with Gasteiger partial charge in [0.15, 0.2) is 11.6 Å². The third-order valence-corrected chi connectivity index (χ3v) is 5.65. The van der Waals surface area contributed by atoms with Crippen LogP contribution in [0.3, 0.4) is 0 Å². The first-order valence-corrected chi connectivity index (χ1v) is 8.56. The van der Waals surface area contributed by atoms with Crippen molar-refractivity contribution >= 4 is 15.9 Å². The minimum Gasteiger partial charge on any atom is -0.379 e. The second kappa shape index (κ2) is 6.90. The molecule has 0 aromatic heterocycles. The number of ether oxygens (including phenoxy) is 1. The number of carbonyl (C=O) groups is 1. The van der Waals surface area contributed by atoms with Crippen LogP contribution in [0.1, 0.15) is 10.4 Å². The molecule has 0 unspecified atom stereocenters. The van der Waals surface area contributed by atoms with E-state index in [2.05, 4.69) is 5.32 Å². The molecule has 1 aliphatic heterocycles. The van der Waals surface area contributed by atoms with Crippen molar-refractivity contribution in [2.45, 2.75) is 6.04 Å². The molecule has 1 heterocycles. The lowest BCUT2D eigenvalue weighted by atomic mass is 10.1. The summed E-state index contributed by atoms with van der Waals surface area (Å²) in [5.41, 5.74) is -0.425. The summed E-state index contributed by atoms with van der Waals surface area (Å²) >= 11 is 0. The van der Waals surface area contributed by atoms with Crippen LogP contribution in [-0.4, -0.2) is 57.7 Å².